The summed E-state index contributed by atoms with van der Waals surface area (Å²) >= 11 is 0.974. The summed E-state index contributed by atoms with van der Waals surface area (Å²) in [6.07, 6.45) is 6.50. The van der Waals surface area contributed by atoms with Crippen molar-refractivity contribution in [2.45, 2.75) is 159 Å². The van der Waals surface area contributed by atoms with Crippen molar-refractivity contribution in [2.75, 3.05) is 20.0 Å². The molecule has 17 nitrogen and oxygen atoms in total. The van der Waals surface area contributed by atoms with Crippen LogP contribution >= 0.6 is 27.4 Å². The Kier molecular flexibility index (Phi) is 32.1. The Hall–Kier alpha value is -2.29. The molecule has 0 heterocycles. The van der Waals surface area contributed by atoms with E-state index in [4.69, 9.17) is 39.8 Å². The Labute approximate surface area is 356 Å². The highest BCUT2D eigenvalue weighted by atomic mass is 32.2. The van der Waals surface area contributed by atoms with Crippen LogP contribution in [0.2, 0.25) is 0 Å². The number of carbonyl (C=O) groups excluding carboxylic acids is 2. The highest BCUT2D eigenvalue weighted by Gasteiger charge is 2.54. The van der Waals surface area contributed by atoms with Crippen molar-refractivity contribution in [1.82, 2.24) is 0 Å². The van der Waals surface area contributed by atoms with Crippen LogP contribution in [0.3, 0.4) is 0 Å². The van der Waals surface area contributed by atoms with Crippen LogP contribution < -0.4 is 0 Å². The standard InChI is InChI=1S/C26H52O16P2.C12H8OS.7H2/c1-2-3-4-5-6-7-8-9-10-11-12-13-14-15-20(28)40-19(16-38-18-27)17-39-44(36,37)42-26-23(31)21(29)22(30)25(24(26)32)41-43(33,34)35;1-3-5-6-7-8-9-11-14-12(13)10-4-2;;;;;;;/h19,21-27,29-32H,2-18H2,1H3,(H,36,37)(H2,33,34,35);1H,4,10H2,2H3;7*1H/t19-,21-,22+,23?,24+,25?,26?;;;;;;;;/m1......../s1. The lowest BCUT2D eigenvalue weighted by atomic mass is 9.85. The van der Waals surface area contributed by atoms with Crippen molar-refractivity contribution >= 4 is 38.5 Å². The molecule has 8 N–H and O–H groups in total. The van der Waals surface area contributed by atoms with Crippen molar-refractivity contribution < 1.29 is 92.0 Å². The largest absolute Gasteiger partial charge is 0.472 e. The van der Waals surface area contributed by atoms with E-state index in [0.717, 1.165) is 43.9 Å². The van der Waals surface area contributed by atoms with Gasteiger partial charge in [-0.05, 0) is 53.6 Å². The highest BCUT2D eigenvalue weighted by Crippen LogP contribution is 2.49. The van der Waals surface area contributed by atoms with E-state index in [1.54, 1.807) is 0 Å². The normalized spacial score (nSPS) is 21.5. The van der Waals surface area contributed by atoms with Gasteiger partial charge < -0.3 is 49.7 Å². The molecule has 0 aromatic carbocycles. The van der Waals surface area contributed by atoms with E-state index in [0.29, 0.717) is 12.8 Å². The molecular formula is C38H74O17P2S. The average Bonchev–Trinajstić information content (AvgIpc) is 3.17. The molecule has 0 amide bonds. The molecule has 0 aromatic heterocycles. The number of aliphatic hydroxyl groups excluding tert-OH is 5. The van der Waals surface area contributed by atoms with E-state index >= 15 is 0 Å². The number of thioether (sulfide) groups is 1. The zero-order chi connectivity index (χ0) is 43.8. The number of ether oxygens (including phenoxy) is 2. The number of phosphoric acid groups is 2. The van der Waals surface area contributed by atoms with E-state index in [9.17, 15) is 44.0 Å². The molecule has 1 aliphatic rings. The SMILES string of the molecule is C#CC#CC#CC#CSC(=O)CCC.CCCCCCCCCCCCCCCC(=O)O[C@H](COCO)COP(=O)(O)OC1C(O)[C@H](O)[C@H](O)C(OP(=O)(O)O)[C@@H]1O.[HH].[HH].[HH].[HH].[HH].[HH].[HH]. The Morgan fingerprint density at radius 2 is 1.21 bits per heavy atom. The second-order valence-corrected chi connectivity index (χ2v) is 16.5. The molecule has 0 aromatic rings. The van der Waals surface area contributed by atoms with Crippen molar-refractivity contribution in [1.29, 1.82) is 0 Å². The molecule has 1 aliphatic carbocycles. The van der Waals surface area contributed by atoms with Crippen LogP contribution in [0.4, 0.5) is 0 Å². The van der Waals surface area contributed by atoms with E-state index < -0.39 is 84.3 Å². The van der Waals surface area contributed by atoms with Gasteiger partial charge in [0.15, 0.2) is 0 Å². The van der Waals surface area contributed by atoms with Gasteiger partial charge in [-0.15, -0.1) is 6.42 Å². The van der Waals surface area contributed by atoms with Gasteiger partial charge in [-0.1, -0.05) is 90.9 Å². The minimum atomic E-state index is -5.32. The summed E-state index contributed by atoms with van der Waals surface area (Å²) in [4.78, 5) is 51.4. The first-order valence-electron chi connectivity index (χ1n) is 19.2. The molecule has 20 heteroatoms. The van der Waals surface area contributed by atoms with Gasteiger partial charge in [-0.2, -0.15) is 0 Å². The third kappa shape index (κ3) is 28.2. The fraction of sp³-hybridized carbons (Fsp3) is 0.737. The zero-order valence-electron chi connectivity index (χ0n) is 33.1. The van der Waals surface area contributed by atoms with Gasteiger partial charge in [0.05, 0.1) is 13.2 Å². The van der Waals surface area contributed by atoms with Gasteiger partial charge in [0.1, 0.15) is 49.5 Å². The summed E-state index contributed by atoms with van der Waals surface area (Å²) in [5.74, 6) is 13.6. The summed E-state index contributed by atoms with van der Waals surface area (Å²) in [6, 6.07) is 0. The molecule has 1 saturated carbocycles. The molecule has 344 valence electrons. The molecule has 58 heavy (non-hydrogen) atoms. The molecule has 1 rings (SSSR count). The Balaban J connectivity index is -0.000000223. The van der Waals surface area contributed by atoms with Gasteiger partial charge in [-0.25, -0.2) is 9.13 Å². The van der Waals surface area contributed by atoms with Crippen LogP contribution in [0.1, 0.15) is 127 Å². The summed E-state index contributed by atoms with van der Waals surface area (Å²) in [6.45, 7) is 2.20. The number of aliphatic hydroxyl groups is 5. The lowest BCUT2D eigenvalue weighted by molar-refractivity contribution is -0.216. The van der Waals surface area contributed by atoms with Gasteiger partial charge in [0, 0.05) is 34.6 Å². The average molecular weight is 897 g/mol. The van der Waals surface area contributed by atoms with Crippen molar-refractivity contribution in [3.63, 3.8) is 0 Å². The fourth-order valence-electron chi connectivity index (χ4n) is 5.28. The second kappa shape index (κ2) is 33.4. The quantitative estimate of drug-likeness (QED) is 0.0174. The molecular weight excluding hydrogens is 822 g/mol. The molecule has 0 aliphatic heterocycles. The number of hydrogen-bond donors (Lipinski definition) is 8. The third-order valence-electron chi connectivity index (χ3n) is 8.15. The maximum atomic E-state index is 12.5. The second-order valence-electron chi connectivity index (χ2n) is 13.1. The van der Waals surface area contributed by atoms with E-state index in [1.165, 1.54) is 51.4 Å². The van der Waals surface area contributed by atoms with Crippen LogP contribution in [-0.4, -0.2) is 114 Å². The predicted octanol–water partition coefficient (Wildman–Crippen LogP) is 5.15. The Morgan fingerprint density at radius 1 is 0.690 bits per heavy atom. The number of esters is 1. The summed E-state index contributed by atoms with van der Waals surface area (Å²) < 4.78 is 47.5. The van der Waals surface area contributed by atoms with Crippen LogP contribution in [0.5, 0.6) is 0 Å². The zero-order valence-corrected chi connectivity index (χ0v) is 35.7. The molecule has 8 atom stereocenters. The van der Waals surface area contributed by atoms with Crippen LogP contribution in [0.25, 0.3) is 0 Å². The Morgan fingerprint density at radius 3 is 1.72 bits per heavy atom. The molecule has 1 fully saturated rings. The fourth-order valence-corrected chi connectivity index (χ4v) is 7.34. The first-order chi connectivity index (χ1) is 27.5. The predicted molar refractivity (Wildman–Crippen MR) is 229 cm³/mol. The van der Waals surface area contributed by atoms with Gasteiger partial charge in [-0.3, -0.25) is 23.2 Å². The highest BCUT2D eigenvalue weighted by molar-refractivity contribution is 8.17. The van der Waals surface area contributed by atoms with Crippen molar-refractivity contribution in [3.8, 4) is 47.2 Å². The lowest BCUT2D eigenvalue weighted by Crippen LogP contribution is -2.64. The topological polar surface area (TPSA) is 276 Å². The summed E-state index contributed by atoms with van der Waals surface area (Å²) in [5.41, 5.74) is 0. The number of unbranched alkanes of at least 4 members (excludes halogenated alkanes) is 12. The minimum Gasteiger partial charge on any atom is -0.457 e. The molecule has 0 spiro atoms. The molecule has 4 unspecified atom stereocenters. The number of phosphoric ester groups is 2. The molecule has 0 radical (unpaired) electrons. The number of rotatable bonds is 27. The van der Waals surface area contributed by atoms with Gasteiger partial charge in [0.25, 0.3) is 0 Å². The number of carbonyl (C=O) groups is 2. The number of hydrogen-bond acceptors (Lipinski definition) is 15. The first kappa shape index (κ1) is 55.7. The molecule has 0 saturated heterocycles. The van der Waals surface area contributed by atoms with Crippen LogP contribution in [0, 0.1) is 47.2 Å². The lowest BCUT2D eigenvalue weighted by Gasteiger charge is -2.43. The Bertz CT molecular complexity index is 1530. The van der Waals surface area contributed by atoms with Crippen molar-refractivity contribution in [3.05, 3.63) is 0 Å². The summed E-state index contributed by atoms with van der Waals surface area (Å²) in [7, 11) is -10.5. The monoisotopic (exact) mass is 896 g/mol. The third-order valence-corrected chi connectivity index (χ3v) is 10.3. The smallest absolute Gasteiger partial charge is 0.457 e. The van der Waals surface area contributed by atoms with Crippen LogP contribution in [-0.2, 0) is 41.8 Å². The maximum absolute atomic E-state index is 12.5. The van der Waals surface area contributed by atoms with Gasteiger partial charge >= 0.3 is 21.6 Å². The first-order valence-corrected chi connectivity index (χ1v) is 23.0. The number of terminal acetylenes is 1. The maximum Gasteiger partial charge on any atom is 0.472 e. The molecule has 0 bridgehead atoms. The van der Waals surface area contributed by atoms with E-state index in [1.807, 2.05) is 6.92 Å². The minimum absolute atomic E-state index is 0. The van der Waals surface area contributed by atoms with Gasteiger partial charge in [0.2, 0.25) is 5.12 Å². The van der Waals surface area contributed by atoms with E-state index in [2.05, 4.69) is 52.2 Å². The van der Waals surface area contributed by atoms with Crippen LogP contribution in [0.15, 0.2) is 0 Å². The summed E-state index contributed by atoms with van der Waals surface area (Å²) in [5, 5.41) is 51.9. The van der Waals surface area contributed by atoms with Crippen molar-refractivity contribution in [2.24, 2.45) is 0 Å². The van der Waals surface area contributed by atoms with E-state index in [-0.39, 0.29) is 21.5 Å².